The van der Waals surface area contributed by atoms with Crippen LogP contribution < -0.4 is 10.1 Å². The Morgan fingerprint density at radius 2 is 2.00 bits per heavy atom. The van der Waals surface area contributed by atoms with Gasteiger partial charge in [0, 0.05) is 17.8 Å². The smallest absolute Gasteiger partial charge is 0.253 e. The molecule has 0 aliphatic rings. The van der Waals surface area contributed by atoms with Crippen LogP contribution in [0.2, 0.25) is 0 Å². The average molecular weight is 415 g/mol. The maximum atomic E-state index is 13.2. The first-order valence-electron chi connectivity index (χ1n) is 9.40. The van der Waals surface area contributed by atoms with Crippen molar-refractivity contribution in [1.82, 2.24) is 15.5 Å². The van der Waals surface area contributed by atoms with Gasteiger partial charge in [0.25, 0.3) is 5.91 Å². The van der Waals surface area contributed by atoms with Crippen LogP contribution in [-0.2, 0) is 13.2 Å². The summed E-state index contributed by atoms with van der Waals surface area (Å²) in [6, 6.07) is 8.50. The van der Waals surface area contributed by atoms with E-state index in [0.29, 0.717) is 28.8 Å². The predicted molar refractivity (Wildman–Crippen MR) is 105 cm³/mol. The Labute approximate surface area is 172 Å². The van der Waals surface area contributed by atoms with E-state index < -0.39 is 0 Å². The molecule has 0 saturated heterocycles. The fraction of sp³-hybridized carbons (Fsp3) is 0.286. The van der Waals surface area contributed by atoms with E-state index in [1.54, 1.807) is 24.3 Å². The standard InChI is InChI=1S/C21H22FN3O5/c1-2-16(10-26)24-21(28)14-5-8-19(23-9-14)29-12-17-18(11-27)30-25-20(17)13-3-6-15(22)7-4-13/h3-9,16,26-27H,2,10-12H2,1H3,(H,24,28). The molecule has 30 heavy (non-hydrogen) atoms. The van der Waals surface area contributed by atoms with Crippen molar-refractivity contribution in [2.45, 2.75) is 32.6 Å². The Balaban J connectivity index is 1.70. The number of aromatic nitrogens is 2. The van der Waals surface area contributed by atoms with Crippen LogP contribution in [0.4, 0.5) is 4.39 Å². The number of carbonyl (C=O) groups is 1. The van der Waals surface area contributed by atoms with E-state index in [1.807, 2.05) is 6.92 Å². The number of pyridine rings is 1. The van der Waals surface area contributed by atoms with Gasteiger partial charge in [0.2, 0.25) is 5.88 Å². The second-order valence-electron chi connectivity index (χ2n) is 6.53. The molecule has 1 aromatic carbocycles. The van der Waals surface area contributed by atoms with Gasteiger partial charge >= 0.3 is 0 Å². The molecule has 158 valence electrons. The van der Waals surface area contributed by atoms with E-state index >= 15 is 0 Å². The highest BCUT2D eigenvalue weighted by atomic mass is 19.1. The lowest BCUT2D eigenvalue weighted by Crippen LogP contribution is -2.36. The van der Waals surface area contributed by atoms with Gasteiger partial charge in [0.15, 0.2) is 5.76 Å². The molecule has 0 aliphatic heterocycles. The highest BCUT2D eigenvalue weighted by Crippen LogP contribution is 2.27. The van der Waals surface area contributed by atoms with Crippen molar-refractivity contribution in [3.63, 3.8) is 0 Å². The Kier molecular flexibility index (Phi) is 7.10. The van der Waals surface area contributed by atoms with Gasteiger partial charge in [0.1, 0.15) is 24.7 Å². The number of aliphatic hydroxyl groups is 2. The summed E-state index contributed by atoms with van der Waals surface area (Å²) in [5.41, 5.74) is 1.90. The summed E-state index contributed by atoms with van der Waals surface area (Å²) >= 11 is 0. The fourth-order valence-corrected chi connectivity index (χ4v) is 2.74. The quantitative estimate of drug-likeness (QED) is 0.491. The van der Waals surface area contributed by atoms with Crippen molar-refractivity contribution < 1.29 is 28.7 Å². The van der Waals surface area contributed by atoms with Crippen molar-refractivity contribution in [2.75, 3.05) is 6.61 Å². The minimum atomic E-state index is -0.375. The summed E-state index contributed by atoms with van der Waals surface area (Å²) in [7, 11) is 0. The van der Waals surface area contributed by atoms with Gasteiger partial charge in [-0.15, -0.1) is 0 Å². The van der Waals surface area contributed by atoms with E-state index in [9.17, 15) is 19.4 Å². The zero-order valence-electron chi connectivity index (χ0n) is 16.3. The first-order valence-corrected chi connectivity index (χ1v) is 9.40. The molecule has 2 heterocycles. The number of carbonyl (C=O) groups excluding carboxylic acids is 1. The van der Waals surface area contributed by atoms with Crippen LogP contribution in [-0.4, -0.2) is 38.9 Å². The summed E-state index contributed by atoms with van der Waals surface area (Å²) in [5.74, 6) is -0.217. The maximum absolute atomic E-state index is 13.2. The average Bonchev–Trinajstić information content (AvgIpc) is 3.19. The minimum Gasteiger partial charge on any atom is -0.473 e. The first-order chi connectivity index (χ1) is 14.5. The van der Waals surface area contributed by atoms with E-state index in [4.69, 9.17) is 9.26 Å². The van der Waals surface area contributed by atoms with Crippen LogP contribution in [0.5, 0.6) is 5.88 Å². The molecule has 1 unspecified atom stereocenters. The molecule has 3 aromatic rings. The van der Waals surface area contributed by atoms with Gasteiger partial charge in [-0.3, -0.25) is 4.79 Å². The number of nitrogens with zero attached hydrogens (tertiary/aromatic N) is 2. The molecule has 3 rings (SSSR count). The van der Waals surface area contributed by atoms with Crippen LogP contribution >= 0.6 is 0 Å². The van der Waals surface area contributed by atoms with Crippen LogP contribution in [0.3, 0.4) is 0 Å². The van der Waals surface area contributed by atoms with Gasteiger partial charge in [-0.25, -0.2) is 9.37 Å². The monoisotopic (exact) mass is 415 g/mol. The van der Waals surface area contributed by atoms with Crippen LogP contribution in [0.25, 0.3) is 11.3 Å². The number of amides is 1. The molecule has 0 fully saturated rings. The van der Waals surface area contributed by atoms with Gasteiger partial charge in [-0.05, 0) is 36.8 Å². The number of benzene rings is 1. The van der Waals surface area contributed by atoms with Crippen molar-refractivity contribution in [2.24, 2.45) is 0 Å². The predicted octanol–water partition coefficient (Wildman–Crippen LogP) is 2.45. The second-order valence-corrected chi connectivity index (χ2v) is 6.53. The highest BCUT2D eigenvalue weighted by molar-refractivity contribution is 5.94. The third-order valence-electron chi connectivity index (χ3n) is 4.54. The Morgan fingerprint density at radius 1 is 1.23 bits per heavy atom. The van der Waals surface area contributed by atoms with Gasteiger partial charge < -0.3 is 24.8 Å². The molecular weight excluding hydrogens is 393 g/mol. The molecule has 0 spiro atoms. The Hall–Kier alpha value is -3.30. The maximum Gasteiger partial charge on any atom is 0.253 e. The Bertz CT molecular complexity index is 969. The molecule has 0 radical (unpaired) electrons. The van der Waals surface area contributed by atoms with Crippen molar-refractivity contribution in [1.29, 1.82) is 0 Å². The number of ether oxygens (including phenoxy) is 1. The van der Waals surface area contributed by atoms with Crippen LogP contribution in [0, 0.1) is 5.82 Å². The van der Waals surface area contributed by atoms with Crippen molar-refractivity contribution in [3.05, 3.63) is 65.3 Å². The molecule has 0 bridgehead atoms. The van der Waals surface area contributed by atoms with Crippen molar-refractivity contribution >= 4 is 5.91 Å². The highest BCUT2D eigenvalue weighted by Gasteiger charge is 2.18. The lowest BCUT2D eigenvalue weighted by Gasteiger charge is -2.14. The van der Waals surface area contributed by atoms with Crippen molar-refractivity contribution in [3.8, 4) is 17.1 Å². The number of nitrogens with one attached hydrogen (secondary N) is 1. The third-order valence-corrected chi connectivity index (χ3v) is 4.54. The molecule has 3 N–H and O–H groups in total. The minimum absolute atomic E-state index is 0.00701. The van der Waals surface area contributed by atoms with E-state index in [-0.39, 0.29) is 49.2 Å². The van der Waals surface area contributed by atoms with Crippen LogP contribution in [0.15, 0.2) is 47.1 Å². The first kappa shape index (κ1) is 21.4. The molecular formula is C21H22FN3O5. The lowest BCUT2D eigenvalue weighted by atomic mass is 10.1. The summed E-state index contributed by atoms with van der Waals surface area (Å²) in [4.78, 5) is 16.3. The number of hydrogen-bond donors (Lipinski definition) is 3. The normalized spacial score (nSPS) is 11.9. The molecule has 0 aliphatic carbocycles. The third kappa shape index (κ3) is 5.00. The molecule has 8 nitrogen and oxygen atoms in total. The van der Waals surface area contributed by atoms with Gasteiger partial charge in [-0.2, -0.15) is 0 Å². The fourth-order valence-electron chi connectivity index (χ4n) is 2.74. The zero-order valence-corrected chi connectivity index (χ0v) is 16.3. The lowest BCUT2D eigenvalue weighted by molar-refractivity contribution is 0.0914. The summed E-state index contributed by atoms with van der Waals surface area (Å²) < 4.78 is 24.0. The largest absolute Gasteiger partial charge is 0.473 e. The van der Waals surface area contributed by atoms with Gasteiger partial charge in [-0.1, -0.05) is 12.1 Å². The zero-order chi connectivity index (χ0) is 21.5. The summed E-state index contributed by atoms with van der Waals surface area (Å²) in [5, 5.41) is 25.3. The van der Waals surface area contributed by atoms with E-state index in [1.165, 1.54) is 18.3 Å². The SMILES string of the molecule is CCC(CO)NC(=O)c1ccc(OCc2c(-c3ccc(F)cc3)noc2CO)nc1. The number of rotatable bonds is 9. The summed E-state index contributed by atoms with van der Waals surface area (Å²) in [6.45, 7) is 1.36. The topological polar surface area (TPSA) is 118 Å². The molecule has 0 saturated carbocycles. The summed E-state index contributed by atoms with van der Waals surface area (Å²) in [6.07, 6.45) is 1.98. The number of aliphatic hydroxyl groups excluding tert-OH is 2. The van der Waals surface area contributed by atoms with E-state index in [0.717, 1.165) is 0 Å². The second kappa shape index (κ2) is 9.95. The molecule has 1 atom stereocenters. The molecule has 9 heteroatoms. The molecule has 1 amide bonds. The van der Waals surface area contributed by atoms with E-state index in [2.05, 4.69) is 15.5 Å². The number of halogens is 1. The Morgan fingerprint density at radius 3 is 2.60 bits per heavy atom. The number of hydrogen-bond acceptors (Lipinski definition) is 7. The van der Waals surface area contributed by atoms with Gasteiger partial charge in [0.05, 0.1) is 23.8 Å². The molecule has 2 aromatic heterocycles. The van der Waals surface area contributed by atoms with Crippen LogP contribution in [0.1, 0.15) is 35.0 Å².